The highest BCUT2D eigenvalue weighted by atomic mass is 19.4. The number of H-pyrrole nitrogens is 1. The van der Waals surface area contributed by atoms with Gasteiger partial charge in [0.25, 0.3) is 0 Å². The van der Waals surface area contributed by atoms with Crippen LogP contribution in [0.25, 0.3) is 11.1 Å². The van der Waals surface area contributed by atoms with Gasteiger partial charge in [-0.15, -0.1) is 0 Å². The van der Waals surface area contributed by atoms with Gasteiger partial charge in [0.1, 0.15) is 11.8 Å². The Bertz CT molecular complexity index is 899. The van der Waals surface area contributed by atoms with Crippen LogP contribution in [-0.4, -0.2) is 22.9 Å². The molecule has 1 amide bonds. The number of rotatable bonds is 2. The lowest BCUT2D eigenvalue weighted by Gasteiger charge is -2.21. The van der Waals surface area contributed by atoms with Gasteiger partial charge in [-0.05, 0) is 30.2 Å². The van der Waals surface area contributed by atoms with E-state index in [-0.39, 0.29) is 29.8 Å². The number of aromatic amines is 1. The fourth-order valence-electron chi connectivity index (χ4n) is 2.51. The number of ether oxygens (including phenoxy) is 1. The van der Waals surface area contributed by atoms with E-state index >= 15 is 0 Å². The number of benzene rings is 1. The van der Waals surface area contributed by atoms with Crippen molar-refractivity contribution in [1.29, 1.82) is 0 Å². The van der Waals surface area contributed by atoms with Crippen LogP contribution in [0.2, 0.25) is 0 Å². The van der Waals surface area contributed by atoms with Gasteiger partial charge in [0.15, 0.2) is 0 Å². The van der Waals surface area contributed by atoms with E-state index in [0.717, 1.165) is 12.1 Å². The number of aromatic nitrogens is 1. The third-order valence-corrected chi connectivity index (χ3v) is 3.65. The third kappa shape index (κ3) is 3.76. The minimum atomic E-state index is -4.62. The second kappa shape index (κ2) is 7.03. The quantitative estimate of drug-likeness (QED) is 0.852. The Morgan fingerprint density at radius 1 is 1.12 bits per heavy atom. The molecule has 1 aromatic heterocycles. The summed E-state index contributed by atoms with van der Waals surface area (Å²) in [4.78, 5) is 24.6. The SMILES string of the molecule is C.C[C@@H]1OC(=O)NN=C1c1ccc(-c2ccc(=O)[nH]c2)c(C(F)(F)F)c1. The normalized spacial score (nSPS) is 16.8. The second-order valence-corrected chi connectivity index (χ2v) is 5.36. The summed E-state index contributed by atoms with van der Waals surface area (Å²) >= 11 is 0. The van der Waals surface area contributed by atoms with Gasteiger partial charge in [0.05, 0.1) is 5.56 Å². The summed E-state index contributed by atoms with van der Waals surface area (Å²) in [6.45, 7) is 1.51. The van der Waals surface area contributed by atoms with Crippen LogP contribution < -0.4 is 11.0 Å². The zero-order valence-electron chi connectivity index (χ0n) is 12.8. The lowest BCUT2D eigenvalue weighted by molar-refractivity contribution is -0.137. The number of hydrogen-bond acceptors (Lipinski definition) is 4. The number of hydrazone groups is 1. The minimum absolute atomic E-state index is 0. The maximum absolute atomic E-state index is 13.5. The molecule has 1 aromatic carbocycles. The van der Waals surface area contributed by atoms with E-state index in [1.807, 2.05) is 0 Å². The Kier molecular flexibility index (Phi) is 5.20. The summed E-state index contributed by atoms with van der Waals surface area (Å²) in [7, 11) is 0. The average molecular weight is 367 g/mol. The monoisotopic (exact) mass is 367 g/mol. The molecule has 26 heavy (non-hydrogen) atoms. The van der Waals surface area contributed by atoms with E-state index in [1.165, 1.54) is 31.3 Å². The van der Waals surface area contributed by atoms with Crippen LogP contribution >= 0.6 is 0 Å². The van der Waals surface area contributed by atoms with Gasteiger partial charge < -0.3 is 9.72 Å². The van der Waals surface area contributed by atoms with E-state index < -0.39 is 29.5 Å². The highest BCUT2D eigenvalue weighted by Crippen LogP contribution is 2.37. The number of nitrogens with zero attached hydrogens (tertiary/aromatic N) is 1. The lowest BCUT2D eigenvalue weighted by Crippen LogP contribution is -2.37. The number of carbonyl (C=O) groups is 1. The van der Waals surface area contributed by atoms with Crippen molar-refractivity contribution in [3.05, 3.63) is 58.0 Å². The van der Waals surface area contributed by atoms with Crippen LogP contribution in [-0.2, 0) is 10.9 Å². The van der Waals surface area contributed by atoms with Gasteiger partial charge >= 0.3 is 12.3 Å². The Hall–Kier alpha value is -3.10. The molecule has 2 aromatic rings. The van der Waals surface area contributed by atoms with Crippen molar-refractivity contribution in [3.63, 3.8) is 0 Å². The summed E-state index contributed by atoms with van der Waals surface area (Å²) in [5.74, 6) is 0. The van der Waals surface area contributed by atoms with E-state index in [4.69, 9.17) is 4.74 Å². The molecule has 0 aliphatic carbocycles. The number of carbonyl (C=O) groups excluding carboxylic acids is 1. The number of halogens is 3. The van der Waals surface area contributed by atoms with Gasteiger partial charge in [-0.2, -0.15) is 18.3 Å². The van der Waals surface area contributed by atoms with Crippen molar-refractivity contribution in [1.82, 2.24) is 10.4 Å². The molecule has 2 N–H and O–H groups in total. The van der Waals surface area contributed by atoms with Crippen LogP contribution in [0.15, 0.2) is 46.4 Å². The van der Waals surface area contributed by atoms with Crippen LogP contribution in [0.5, 0.6) is 0 Å². The smallest absolute Gasteiger partial charge is 0.428 e. The Labute approximate surface area is 146 Å². The molecule has 0 fully saturated rings. The Morgan fingerprint density at radius 3 is 2.38 bits per heavy atom. The number of amides is 1. The highest BCUT2D eigenvalue weighted by Gasteiger charge is 2.35. The first-order chi connectivity index (χ1) is 11.8. The molecule has 6 nitrogen and oxygen atoms in total. The standard InChI is InChI=1S/C16H12F3N3O3.CH4/c1-8-14(21-22-15(24)25-8)9-2-4-11(12(6-9)16(17,18)19)10-3-5-13(23)20-7-10;/h2-8H,1H3,(H,20,23)(H,22,24);1H4/t8-;/m0./s1. The van der Waals surface area contributed by atoms with Crippen molar-refractivity contribution < 1.29 is 22.7 Å². The predicted octanol–water partition coefficient (Wildman–Crippen LogP) is 3.53. The van der Waals surface area contributed by atoms with Gasteiger partial charge in [-0.1, -0.05) is 19.6 Å². The van der Waals surface area contributed by atoms with Gasteiger partial charge in [0, 0.05) is 17.8 Å². The van der Waals surface area contributed by atoms with Gasteiger partial charge in [-0.25, -0.2) is 10.2 Å². The molecule has 0 unspecified atom stereocenters. The summed E-state index contributed by atoms with van der Waals surface area (Å²) in [6.07, 6.45) is -4.95. The number of pyridine rings is 1. The maximum Gasteiger partial charge on any atom is 0.428 e. The first-order valence-corrected chi connectivity index (χ1v) is 7.20. The lowest BCUT2D eigenvalue weighted by atomic mass is 9.95. The predicted molar refractivity (Wildman–Crippen MR) is 89.8 cm³/mol. The topological polar surface area (TPSA) is 83.5 Å². The number of cyclic esters (lactones) is 1. The largest absolute Gasteiger partial charge is 0.439 e. The van der Waals surface area contributed by atoms with E-state index in [0.29, 0.717) is 0 Å². The first kappa shape index (κ1) is 19.2. The molecule has 0 saturated heterocycles. The van der Waals surface area contributed by atoms with Crippen molar-refractivity contribution in [3.8, 4) is 11.1 Å². The Morgan fingerprint density at radius 2 is 1.81 bits per heavy atom. The summed E-state index contributed by atoms with van der Waals surface area (Å²) in [6, 6.07) is 6.15. The van der Waals surface area contributed by atoms with Crippen molar-refractivity contribution in [2.75, 3.05) is 0 Å². The molecule has 0 bridgehead atoms. The van der Waals surface area contributed by atoms with Crippen LogP contribution in [0, 0.1) is 0 Å². The van der Waals surface area contributed by atoms with Crippen molar-refractivity contribution >= 4 is 11.8 Å². The van der Waals surface area contributed by atoms with E-state index in [9.17, 15) is 22.8 Å². The molecular weight excluding hydrogens is 351 g/mol. The molecule has 1 aliphatic rings. The molecule has 0 saturated carbocycles. The fraction of sp³-hybridized carbons (Fsp3) is 0.235. The third-order valence-electron chi connectivity index (χ3n) is 3.65. The van der Waals surface area contributed by atoms with Crippen LogP contribution in [0.3, 0.4) is 0 Å². The van der Waals surface area contributed by atoms with Gasteiger partial charge in [0.2, 0.25) is 5.56 Å². The van der Waals surface area contributed by atoms with Gasteiger partial charge in [-0.3, -0.25) is 4.79 Å². The number of nitrogens with one attached hydrogen (secondary N) is 2. The van der Waals surface area contributed by atoms with Crippen LogP contribution in [0.4, 0.5) is 18.0 Å². The van der Waals surface area contributed by atoms with Crippen molar-refractivity contribution in [2.24, 2.45) is 5.10 Å². The second-order valence-electron chi connectivity index (χ2n) is 5.36. The zero-order chi connectivity index (χ0) is 18.2. The Balaban J connectivity index is 0.00000243. The maximum atomic E-state index is 13.5. The molecule has 9 heteroatoms. The molecule has 2 heterocycles. The van der Waals surface area contributed by atoms with E-state index in [1.54, 1.807) is 0 Å². The number of alkyl halides is 3. The molecule has 138 valence electrons. The first-order valence-electron chi connectivity index (χ1n) is 7.20. The molecular formula is C17H16F3N3O3. The van der Waals surface area contributed by atoms with Crippen LogP contribution in [0.1, 0.15) is 25.5 Å². The molecule has 1 atom stereocenters. The summed E-state index contributed by atoms with van der Waals surface area (Å²) < 4.78 is 45.4. The molecule has 0 spiro atoms. The number of hydrogen-bond donors (Lipinski definition) is 2. The molecule has 3 rings (SSSR count). The summed E-state index contributed by atoms with van der Waals surface area (Å²) in [5.41, 5.74) is 1.28. The zero-order valence-corrected chi connectivity index (χ0v) is 12.8. The average Bonchev–Trinajstić information content (AvgIpc) is 2.54. The molecule has 0 radical (unpaired) electrons. The minimum Gasteiger partial charge on any atom is -0.439 e. The molecule has 1 aliphatic heterocycles. The summed E-state index contributed by atoms with van der Waals surface area (Å²) in [5, 5.41) is 3.78. The fourth-order valence-corrected chi connectivity index (χ4v) is 2.51. The highest BCUT2D eigenvalue weighted by molar-refractivity contribution is 6.06. The van der Waals surface area contributed by atoms with Crippen molar-refractivity contribution in [2.45, 2.75) is 26.6 Å². The van der Waals surface area contributed by atoms with E-state index in [2.05, 4.69) is 15.5 Å².